The molecular formula is C12H17ClN2O. The Kier molecular flexibility index (Phi) is 3.69. The van der Waals surface area contributed by atoms with Crippen LogP contribution in [0.4, 0.5) is 5.69 Å². The van der Waals surface area contributed by atoms with E-state index in [9.17, 15) is 5.11 Å². The van der Waals surface area contributed by atoms with Gasteiger partial charge in [-0.1, -0.05) is 17.7 Å². The second-order valence-corrected chi connectivity index (χ2v) is 4.73. The van der Waals surface area contributed by atoms with Crippen molar-refractivity contribution in [2.45, 2.75) is 19.1 Å². The van der Waals surface area contributed by atoms with Crippen molar-refractivity contribution in [3.05, 3.63) is 29.3 Å². The van der Waals surface area contributed by atoms with Crippen LogP contribution in [0, 0.1) is 0 Å². The number of aliphatic hydroxyl groups is 1. The van der Waals surface area contributed by atoms with Crippen LogP contribution in [0.3, 0.4) is 0 Å². The molecule has 1 aromatic carbocycles. The first kappa shape index (κ1) is 11.7. The molecule has 4 heteroatoms. The monoisotopic (exact) mass is 240 g/mol. The van der Waals surface area contributed by atoms with Gasteiger partial charge in [0.15, 0.2) is 0 Å². The fraction of sp³-hybridized carbons (Fsp3) is 0.500. The van der Waals surface area contributed by atoms with Crippen LogP contribution in [0.25, 0.3) is 0 Å². The number of hydrogen-bond donors (Lipinski definition) is 2. The maximum absolute atomic E-state index is 9.77. The smallest absolute Gasteiger partial charge is 0.0839 e. The van der Waals surface area contributed by atoms with Gasteiger partial charge in [-0.3, -0.25) is 0 Å². The molecular weight excluding hydrogens is 224 g/mol. The van der Waals surface area contributed by atoms with Crippen molar-refractivity contribution in [2.24, 2.45) is 0 Å². The summed E-state index contributed by atoms with van der Waals surface area (Å²) >= 11 is 5.98. The van der Waals surface area contributed by atoms with Crippen LogP contribution < -0.4 is 10.2 Å². The van der Waals surface area contributed by atoms with Gasteiger partial charge in [0.25, 0.3) is 0 Å². The molecule has 1 aromatic rings. The van der Waals surface area contributed by atoms with Gasteiger partial charge in [-0.25, -0.2) is 0 Å². The summed E-state index contributed by atoms with van der Waals surface area (Å²) in [4.78, 5) is 2.19. The van der Waals surface area contributed by atoms with E-state index in [1.165, 1.54) is 0 Å². The fourth-order valence-electron chi connectivity index (χ4n) is 2.06. The Morgan fingerprint density at radius 2 is 2.25 bits per heavy atom. The van der Waals surface area contributed by atoms with E-state index in [1.54, 1.807) is 0 Å². The summed E-state index contributed by atoms with van der Waals surface area (Å²) in [5.74, 6) is 0. The van der Waals surface area contributed by atoms with Gasteiger partial charge in [-0.05, 0) is 25.1 Å². The van der Waals surface area contributed by atoms with Crippen LogP contribution in [0.5, 0.6) is 0 Å². The van der Waals surface area contributed by atoms with Crippen LogP contribution in [0.2, 0.25) is 5.02 Å². The van der Waals surface area contributed by atoms with Crippen LogP contribution in [0.15, 0.2) is 24.3 Å². The second-order valence-electron chi connectivity index (χ2n) is 4.29. The molecule has 2 unspecified atom stereocenters. The van der Waals surface area contributed by atoms with E-state index < -0.39 is 0 Å². The van der Waals surface area contributed by atoms with Crippen molar-refractivity contribution in [1.29, 1.82) is 0 Å². The Balaban J connectivity index is 2.22. The van der Waals surface area contributed by atoms with E-state index in [0.717, 1.165) is 17.3 Å². The third-order valence-electron chi connectivity index (χ3n) is 2.90. The van der Waals surface area contributed by atoms with Gasteiger partial charge in [-0.15, -0.1) is 0 Å². The average Bonchev–Trinajstić information content (AvgIpc) is 2.41. The summed E-state index contributed by atoms with van der Waals surface area (Å²) in [6, 6.07) is 8.13. The molecule has 1 aliphatic rings. The predicted molar refractivity (Wildman–Crippen MR) is 67.1 cm³/mol. The van der Waals surface area contributed by atoms with E-state index in [-0.39, 0.29) is 6.10 Å². The molecule has 0 amide bonds. The summed E-state index contributed by atoms with van der Waals surface area (Å²) in [6.07, 6.45) is -0.330. The van der Waals surface area contributed by atoms with Crippen molar-refractivity contribution in [1.82, 2.24) is 5.32 Å². The molecule has 88 valence electrons. The quantitative estimate of drug-likeness (QED) is 0.781. The first-order valence-corrected chi connectivity index (χ1v) is 5.95. The molecule has 2 N–H and O–H groups in total. The molecule has 1 heterocycles. The summed E-state index contributed by atoms with van der Waals surface area (Å²) in [5, 5.41) is 13.7. The van der Waals surface area contributed by atoms with E-state index in [1.807, 2.05) is 24.3 Å². The zero-order valence-electron chi connectivity index (χ0n) is 9.36. The molecule has 1 saturated heterocycles. The largest absolute Gasteiger partial charge is 0.390 e. The summed E-state index contributed by atoms with van der Waals surface area (Å²) < 4.78 is 0. The normalized spacial score (nSPS) is 26.6. The molecule has 0 spiro atoms. The first-order valence-electron chi connectivity index (χ1n) is 5.58. The Morgan fingerprint density at radius 3 is 3.00 bits per heavy atom. The van der Waals surface area contributed by atoms with E-state index in [0.29, 0.717) is 19.1 Å². The number of rotatable bonds is 1. The highest BCUT2D eigenvalue weighted by atomic mass is 35.5. The lowest BCUT2D eigenvalue weighted by Gasteiger charge is -2.30. The van der Waals surface area contributed by atoms with E-state index in [4.69, 9.17) is 11.6 Å². The molecule has 16 heavy (non-hydrogen) atoms. The Hall–Kier alpha value is -0.770. The second kappa shape index (κ2) is 5.04. The maximum Gasteiger partial charge on any atom is 0.0839 e. The Labute approximate surface area is 101 Å². The Bertz CT molecular complexity index is 359. The highest BCUT2D eigenvalue weighted by Crippen LogP contribution is 2.22. The van der Waals surface area contributed by atoms with Crippen molar-refractivity contribution in [2.75, 3.05) is 24.5 Å². The zero-order chi connectivity index (χ0) is 11.5. The first-order chi connectivity index (χ1) is 7.66. The van der Waals surface area contributed by atoms with Crippen molar-refractivity contribution in [3.8, 4) is 0 Å². The molecule has 0 bridgehead atoms. The lowest BCUT2D eigenvalue weighted by molar-refractivity contribution is 0.184. The number of anilines is 1. The van der Waals surface area contributed by atoms with Crippen LogP contribution >= 0.6 is 11.6 Å². The molecule has 0 saturated carbocycles. The van der Waals surface area contributed by atoms with Gasteiger partial charge in [0.2, 0.25) is 0 Å². The van der Waals surface area contributed by atoms with E-state index in [2.05, 4.69) is 17.1 Å². The molecule has 3 nitrogen and oxygen atoms in total. The zero-order valence-corrected chi connectivity index (χ0v) is 10.1. The number of hydrogen-bond acceptors (Lipinski definition) is 3. The standard InChI is InChI=1S/C12H17ClN2O/c1-9-6-14-7-12(16)8-15(9)11-4-2-3-10(13)5-11/h2-5,9,12,14,16H,6-8H2,1H3. The van der Waals surface area contributed by atoms with Gasteiger partial charge in [0.05, 0.1) is 6.10 Å². The van der Waals surface area contributed by atoms with Gasteiger partial charge < -0.3 is 15.3 Å². The summed E-state index contributed by atoms with van der Waals surface area (Å²) in [5.41, 5.74) is 1.07. The molecule has 0 aliphatic carbocycles. The summed E-state index contributed by atoms with van der Waals surface area (Å²) in [7, 11) is 0. The Morgan fingerprint density at radius 1 is 1.44 bits per heavy atom. The van der Waals surface area contributed by atoms with Gasteiger partial charge >= 0.3 is 0 Å². The molecule has 1 aliphatic heterocycles. The highest BCUT2D eigenvalue weighted by molar-refractivity contribution is 6.30. The highest BCUT2D eigenvalue weighted by Gasteiger charge is 2.21. The number of benzene rings is 1. The molecule has 2 rings (SSSR count). The minimum Gasteiger partial charge on any atom is -0.390 e. The minimum absolute atomic E-state index is 0.330. The third-order valence-corrected chi connectivity index (χ3v) is 3.13. The lowest BCUT2D eigenvalue weighted by Crippen LogP contribution is -2.39. The number of nitrogens with one attached hydrogen (secondary N) is 1. The topological polar surface area (TPSA) is 35.5 Å². The van der Waals surface area contributed by atoms with Crippen molar-refractivity contribution >= 4 is 17.3 Å². The average molecular weight is 241 g/mol. The van der Waals surface area contributed by atoms with Gasteiger partial charge in [-0.2, -0.15) is 0 Å². The fourth-order valence-corrected chi connectivity index (χ4v) is 2.24. The maximum atomic E-state index is 9.77. The van der Waals surface area contributed by atoms with Gasteiger partial charge in [0.1, 0.15) is 0 Å². The number of halogens is 1. The minimum atomic E-state index is -0.330. The number of nitrogens with zero attached hydrogens (tertiary/aromatic N) is 1. The molecule has 0 radical (unpaired) electrons. The number of β-amino-alcohol motifs (C(OH)–C–C–N with tert-alkyl or cyclic N) is 1. The van der Waals surface area contributed by atoms with Crippen LogP contribution in [-0.2, 0) is 0 Å². The van der Waals surface area contributed by atoms with Crippen molar-refractivity contribution < 1.29 is 5.11 Å². The van der Waals surface area contributed by atoms with Gasteiger partial charge in [0, 0.05) is 36.4 Å². The van der Waals surface area contributed by atoms with E-state index >= 15 is 0 Å². The molecule has 0 aromatic heterocycles. The third kappa shape index (κ3) is 2.67. The SMILES string of the molecule is CC1CNCC(O)CN1c1cccc(Cl)c1. The predicted octanol–water partition coefficient (Wildman–Crippen LogP) is 1.50. The van der Waals surface area contributed by atoms with Crippen molar-refractivity contribution in [3.63, 3.8) is 0 Å². The number of aliphatic hydroxyl groups excluding tert-OH is 1. The van der Waals surface area contributed by atoms with Crippen LogP contribution in [-0.4, -0.2) is 36.9 Å². The summed E-state index contributed by atoms with van der Waals surface area (Å²) in [6.45, 7) is 4.32. The molecule has 1 fully saturated rings. The lowest BCUT2D eigenvalue weighted by atomic mass is 10.2. The molecule has 2 atom stereocenters. The van der Waals surface area contributed by atoms with Crippen LogP contribution in [0.1, 0.15) is 6.92 Å².